The Kier molecular flexibility index (Phi) is 3.79. The van der Waals surface area contributed by atoms with Crippen molar-refractivity contribution in [1.29, 1.82) is 0 Å². The number of aromatic nitrogens is 2. The van der Waals surface area contributed by atoms with Gasteiger partial charge >= 0.3 is 0 Å². The van der Waals surface area contributed by atoms with E-state index in [1.807, 2.05) is 18.7 Å². The number of nitrogens with two attached hydrogens (primary N) is 1. The van der Waals surface area contributed by atoms with Crippen molar-refractivity contribution in [3.8, 4) is 0 Å². The second-order valence-corrected chi connectivity index (χ2v) is 5.56. The van der Waals surface area contributed by atoms with Gasteiger partial charge in [-0.15, -0.1) is 0 Å². The Bertz CT molecular complexity index is 318. The first-order valence-electron chi connectivity index (χ1n) is 4.83. The highest BCUT2D eigenvalue weighted by Gasteiger charge is 2.15. The van der Waals surface area contributed by atoms with Gasteiger partial charge in [-0.2, -0.15) is 11.8 Å². The highest BCUT2D eigenvalue weighted by molar-refractivity contribution is 7.99. The van der Waals surface area contributed by atoms with Gasteiger partial charge in [0.1, 0.15) is 17.5 Å². The van der Waals surface area contributed by atoms with Gasteiger partial charge in [-0.25, -0.2) is 9.97 Å². The van der Waals surface area contributed by atoms with E-state index >= 15 is 0 Å². The zero-order valence-electron chi connectivity index (χ0n) is 9.66. The van der Waals surface area contributed by atoms with Crippen LogP contribution in [-0.2, 0) is 0 Å². The molecule has 0 spiro atoms. The number of nitrogen functional groups attached to an aromatic ring is 1. The molecule has 0 fully saturated rings. The molecule has 5 heteroatoms. The van der Waals surface area contributed by atoms with Crippen molar-refractivity contribution >= 4 is 23.4 Å². The van der Waals surface area contributed by atoms with Crippen LogP contribution in [0.25, 0.3) is 0 Å². The quantitative estimate of drug-likeness (QED) is 0.821. The molecular formula is C10H18N4S. The van der Waals surface area contributed by atoms with Crippen molar-refractivity contribution in [1.82, 2.24) is 9.97 Å². The Balaban J connectivity index is 2.65. The maximum absolute atomic E-state index is 5.63. The van der Waals surface area contributed by atoms with E-state index < -0.39 is 0 Å². The fourth-order valence-corrected chi connectivity index (χ4v) is 1.27. The van der Waals surface area contributed by atoms with Crippen LogP contribution in [0.4, 0.5) is 11.6 Å². The number of nitrogens with zero attached hydrogens (tertiary/aromatic N) is 2. The Morgan fingerprint density at radius 3 is 2.67 bits per heavy atom. The standard InChI is InChI=1S/C10H18N4S/c1-7-13-8(11)5-9(14-7)12-6-10(2,3)15-4/h5H,6H2,1-4H3,(H3,11,12,13,14). The fraction of sp³-hybridized carbons (Fsp3) is 0.600. The number of rotatable bonds is 4. The van der Waals surface area contributed by atoms with E-state index in [4.69, 9.17) is 5.73 Å². The average molecular weight is 226 g/mol. The molecule has 0 unspecified atom stereocenters. The van der Waals surface area contributed by atoms with Crippen LogP contribution in [0.3, 0.4) is 0 Å². The second-order valence-electron chi connectivity index (χ2n) is 4.04. The molecule has 1 rings (SSSR count). The summed E-state index contributed by atoms with van der Waals surface area (Å²) in [5, 5.41) is 3.27. The lowest BCUT2D eigenvalue weighted by atomic mass is 10.2. The minimum Gasteiger partial charge on any atom is -0.384 e. The summed E-state index contributed by atoms with van der Waals surface area (Å²) in [6, 6.07) is 1.75. The molecule has 0 saturated heterocycles. The Hall–Kier alpha value is -0.970. The summed E-state index contributed by atoms with van der Waals surface area (Å²) in [4.78, 5) is 8.28. The molecule has 0 aliphatic rings. The summed E-state index contributed by atoms with van der Waals surface area (Å²) in [5.74, 6) is 1.99. The van der Waals surface area contributed by atoms with Crippen LogP contribution in [0.2, 0.25) is 0 Å². The maximum Gasteiger partial charge on any atom is 0.131 e. The molecule has 3 N–H and O–H groups in total. The summed E-state index contributed by atoms with van der Waals surface area (Å²) in [7, 11) is 0. The third-order valence-electron chi connectivity index (χ3n) is 2.11. The van der Waals surface area contributed by atoms with Gasteiger partial charge in [0, 0.05) is 17.4 Å². The normalized spacial score (nSPS) is 11.5. The predicted octanol–water partition coefficient (Wildman–Crippen LogP) is 1.92. The van der Waals surface area contributed by atoms with E-state index in [0.29, 0.717) is 11.6 Å². The van der Waals surface area contributed by atoms with Crippen molar-refractivity contribution < 1.29 is 0 Å². The minimum absolute atomic E-state index is 0.188. The van der Waals surface area contributed by atoms with Crippen LogP contribution >= 0.6 is 11.8 Å². The molecule has 0 amide bonds. The van der Waals surface area contributed by atoms with Gasteiger partial charge in [0.05, 0.1) is 0 Å². The zero-order valence-corrected chi connectivity index (χ0v) is 10.5. The largest absolute Gasteiger partial charge is 0.384 e. The summed E-state index contributed by atoms with van der Waals surface area (Å²) in [6.45, 7) is 7.05. The number of aryl methyl sites for hydroxylation is 1. The molecule has 0 aromatic carbocycles. The van der Waals surface area contributed by atoms with Crippen molar-refractivity contribution in [3.05, 3.63) is 11.9 Å². The van der Waals surface area contributed by atoms with Gasteiger partial charge in [0.2, 0.25) is 0 Å². The smallest absolute Gasteiger partial charge is 0.131 e. The van der Waals surface area contributed by atoms with E-state index in [1.54, 1.807) is 6.07 Å². The summed E-state index contributed by atoms with van der Waals surface area (Å²) < 4.78 is 0.188. The summed E-state index contributed by atoms with van der Waals surface area (Å²) >= 11 is 1.82. The highest BCUT2D eigenvalue weighted by atomic mass is 32.2. The molecule has 0 radical (unpaired) electrons. The Morgan fingerprint density at radius 1 is 1.47 bits per heavy atom. The van der Waals surface area contributed by atoms with E-state index in [9.17, 15) is 0 Å². The number of thioether (sulfide) groups is 1. The van der Waals surface area contributed by atoms with Crippen LogP contribution < -0.4 is 11.1 Å². The Labute approximate surface area is 95.1 Å². The summed E-state index contributed by atoms with van der Waals surface area (Å²) in [5.41, 5.74) is 5.63. The second kappa shape index (κ2) is 4.70. The molecular weight excluding hydrogens is 208 g/mol. The molecule has 1 aromatic heterocycles. The monoisotopic (exact) mass is 226 g/mol. The minimum atomic E-state index is 0.188. The lowest BCUT2D eigenvalue weighted by Crippen LogP contribution is -2.26. The van der Waals surface area contributed by atoms with Gasteiger partial charge in [0.15, 0.2) is 0 Å². The third-order valence-corrected chi connectivity index (χ3v) is 3.36. The van der Waals surface area contributed by atoms with Crippen LogP contribution in [0.1, 0.15) is 19.7 Å². The topological polar surface area (TPSA) is 63.8 Å². The van der Waals surface area contributed by atoms with Crippen molar-refractivity contribution in [3.63, 3.8) is 0 Å². The van der Waals surface area contributed by atoms with Crippen LogP contribution in [0.5, 0.6) is 0 Å². The molecule has 0 bridgehead atoms. The third kappa shape index (κ3) is 3.95. The van der Waals surface area contributed by atoms with Gasteiger partial charge in [-0.05, 0) is 27.0 Å². The lowest BCUT2D eigenvalue weighted by Gasteiger charge is -2.22. The predicted molar refractivity (Wildman–Crippen MR) is 67.3 cm³/mol. The molecule has 0 atom stereocenters. The van der Waals surface area contributed by atoms with Gasteiger partial charge in [-0.3, -0.25) is 0 Å². The first-order valence-corrected chi connectivity index (χ1v) is 6.05. The van der Waals surface area contributed by atoms with Gasteiger partial charge in [-0.1, -0.05) is 0 Å². The number of nitrogens with one attached hydrogen (secondary N) is 1. The molecule has 1 aromatic rings. The Morgan fingerprint density at radius 2 is 2.13 bits per heavy atom. The van der Waals surface area contributed by atoms with Gasteiger partial charge in [0.25, 0.3) is 0 Å². The van der Waals surface area contributed by atoms with E-state index in [2.05, 4.69) is 35.4 Å². The molecule has 84 valence electrons. The molecule has 0 aliphatic carbocycles. The van der Waals surface area contributed by atoms with Crippen LogP contribution in [-0.4, -0.2) is 27.5 Å². The van der Waals surface area contributed by atoms with E-state index in [-0.39, 0.29) is 4.75 Å². The van der Waals surface area contributed by atoms with E-state index in [1.165, 1.54) is 0 Å². The average Bonchev–Trinajstić information content (AvgIpc) is 2.14. The molecule has 0 saturated carbocycles. The zero-order chi connectivity index (χ0) is 11.5. The molecule has 0 aliphatic heterocycles. The number of hydrogen-bond acceptors (Lipinski definition) is 5. The fourth-order valence-electron chi connectivity index (χ4n) is 1.06. The lowest BCUT2D eigenvalue weighted by molar-refractivity contribution is 0.749. The van der Waals surface area contributed by atoms with Crippen molar-refractivity contribution in [2.24, 2.45) is 0 Å². The highest BCUT2D eigenvalue weighted by Crippen LogP contribution is 2.21. The summed E-state index contributed by atoms with van der Waals surface area (Å²) in [6.07, 6.45) is 2.10. The van der Waals surface area contributed by atoms with Gasteiger partial charge < -0.3 is 11.1 Å². The molecule has 15 heavy (non-hydrogen) atoms. The maximum atomic E-state index is 5.63. The van der Waals surface area contributed by atoms with Crippen LogP contribution in [0.15, 0.2) is 6.07 Å². The van der Waals surface area contributed by atoms with Crippen molar-refractivity contribution in [2.75, 3.05) is 23.9 Å². The SMILES string of the molecule is CSC(C)(C)CNc1cc(N)nc(C)n1. The molecule has 1 heterocycles. The first-order chi connectivity index (χ1) is 6.93. The van der Waals surface area contributed by atoms with Crippen molar-refractivity contribution in [2.45, 2.75) is 25.5 Å². The van der Waals surface area contributed by atoms with Crippen LogP contribution in [0, 0.1) is 6.92 Å². The molecule has 4 nitrogen and oxygen atoms in total. The first kappa shape index (κ1) is 12.1. The number of anilines is 2. The van der Waals surface area contributed by atoms with E-state index in [0.717, 1.165) is 12.4 Å². The number of hydrogen-bond donors (Lipinski definition) is 2.